The quantitative estimate of drug-likeness (QED) is 0.303. The highest BCUT2D eigenvalue weighted by atomic mass is 32.2. The molecule has 0 saturated heterocycles. The first-order chi connectivity index (χ1) is 19.5. The van der Waals surface area contributed by atoms with Crippen LogP contribution in [0, 0.1) is 0 Å². The maximum atomic E-state index is 13.7. The molecular formula is C31H39N3O6S. The van der Waals surface area contributed by atoms with E-state index in [1.165, 1.54) is 4.90 Å². The lowest BCUT2D eigenvalue weighted by Crippen LogP contribution is -2.52. The van der Waals surface area contributed by atoms with E-state index in [1.807, 2.05) is 50.2 Å². The number of nitrogens with zero attached hydrogens (tertiary/aromatic N) is 2. The lowest BCUT2D eigenvalue weighted by Gasteiger charge is -2.32. The fourth-order valence-electron chi connectivity index (χ4n) is 4.08. The molecule has 2 unspecified atom stereocenters. The third-order valence-electron chi connectivity index (χ3n) is 6.71. The van der Waals surface area contributed by atoms with E-state index in [0.29, 0.717) is 23.8 Å². The predicted octanol–water partition coefficient (Wildman–Crippen LogP) is 4.37. The van der Waals surface area contributed by atoms with E-state index in [1.54, 1.807) is 56.5 Å². The summed E-state index contributed by atoms with van der Waals surface area (Å²) in [6.07, 6.45) is 1.78. The molecule has 0 saturated carbocycles. The summed E-state index contributed by atoms with van der Waals surface area (Å²) in [6, 6.07) is 22.5. The van der Waals surface area contributed by atoms with Crippen molar-refractivity contribution in [2.75, 3.05) is 24.2 Å². The predicted molar refractivity (Wildman–Crippen MR) is 160 cm³/mol. The van der Waals surface area contributed by atoms with Gasteiger partial charge in [0.1, 0.15) is 30.7 Å². The third kappa shape index (κ3) is 9.24. The first-order valence-corrected chi connectivity index (χ1v) is 15.3. The van der Waals surface area contributed by atoms with Crippen molar-refractivity contribution in [2.24, 2.45) is 0 Å². The lowest BCUT2D eigenvalue weighted by molar-refractivity contribution is -0.139. The second-order valence-corrected chi connectivity index (χ2v) is 11.8. The molecule has 10 heteroatoms. The Hall–Kier alpha value is -4.05. The van der Waals surface area contributed by atoms with Crippen molar-refractivity contribution in [1.29, 1.82) is 0 Å². The molecule has 0 aliphatic heterocycles. The highest BCUT2D eigenvalue weighted by Gasteiger charge is 2.30. The van der Waals surface area contributed by atoms with Crippen molar-refractivity contribution in [2.45, 2.75) is 52.4 Å². The standard InChI is InChI=1S/C31H39N3O6S/c1-6-23(2)32-31(36)24(3)33(20-26-13-10-14-29(19-26)39-4)30(35)21-34(41(5,37)38)27-15-17-28(18-16-27)40-22-25-11-8-7-9-12-25/h7-19,23-24H,6,20-22H2,1-5H3,(H,32,36). The van der Waals surface area contributed by atoms with Crippen LogP contribution in [0.25, 0.3) is 0 Å². The minimum absolute atomic E-state index is 0.0751. The molecule has 0 radical (unpaired) electrons. The molecule has 0 aliphatic carbocycles. The summed E-state index contributed by atoms with van der Waals surface area (Å²) in [5.74, 6) is 0.335. The first-order valence-electron chi connectivity index (χ1n) is 13.5. The summed E-state index contributed by atoms with van der Waals surface area (Å²) in [5, 5.41) is 2.91. The summed E-state index contributed by atoms with van der Waals surface area (Å²) in [6.45, 7) is 5.46. The van der Waals surface area contributed by atoms with Crippen LogP contribution in [0.1, 0.15) is 38.3 Å². The van der Waals surface area contributed by atoms with Crippen LogP contribution in [0.4, 0.5) is 5.69 Å². The van der Waals surface area contributed by atoms with Gasteiger partial charge in [-0.05, 0) is 67.8 Å². The molecule has 220 valence electrons. The maximum Gasteiger partial charge on any atom is 0.244 e. The number of hydrogen-bond acceptors (Lipinski definition) is 6. The number of amides is 2. The first kappa shape index (κ1) is 31.5. The number of carbonyl (C=O) groups is 2. The Kier molecular flexibility index (Phi) is 11.2. The van der Waals surface area contributed by atoms with E-state index in [4.69, 9.17) is 9.47 Å². The SMILES string of the molecule is CCC(C)NC(=O)C(C)N(Cc1cccc(OC)c1)C(=O)CN(c1ccc(OCc2ccccc2)cc1)S(C)(=O)=O. The highest BCUT2D eigenvalue weighted by molar-refractivity contribution is 7.92. The van der Waals surface area contributed by atoms with Gasteiger partial charge in [0, 0.05) is 12.6 Å². The Balaban J connectivity index is 1.83. The fraction of sp³-hybridized carbons (Fsp3) is 0.355. The van der Waals surface area contributed by atoms with Crippen LogP contribution < -0.4 is 19.1 Å². The van der Waals surface area contributed by atoms with Crippen molar-refractivity contribution in [3.8, 4) is 11.5 Å². The molecule has 3 rings (SSSR count). The number of anilines is 1. The number of nitrogens with one attached hydrogen (secondary N) is 1. The lowest BCUT2D eigenvalue weighted by atomic mass is 10.1. The van der Waals surface area contributed by atoms with Gasteiger partial charge >= 0.3 is 0 Å². The van der Waals surface area contributed by atoms with Gasteiger partial charge in [-0.2, -0.15) is 0 Å². The smallest absolute Gasteiger partial charge is 0.244 e. The number of methoxy groups -OCH3 is 1. The molecule has 1 N–H and O–H groups in total. The molecule has 0 aromatic heterocycles. The van der Waals surface area contributed by atoms with Crippen molar-refractivity contribution in [1.82, 2.24) is 10.2 Å². The van der Waals surface area contributed by atoms with Gasteiger partial charge in [-0.3, -0.25) is 13.9 Å². The van der Waals surface area contributed by atoms with Crippen LogP contribution in [0.15, 0.2) is 78.9 Å². The molecule has 0 heterocycles. The minimum atomic E-state index is -3.84. The topological polar surface area (TPSA) is 105 Å². The zero-order valence-corrected chi connectivity index (χ0v) is 25.1. The van der Waals surface area contributed by atoms with Gasteiger partial charge in [-0.1, -0.05) is 49.4 Å². The largest absolute Gasteiger partial charge is 0.497 e. The number of carbonyl (C=O) groups excluding carboxylic acids is 2. The normalized spacial score (nSPS) is 12.6. The number of rotatable bonds is 14. The van der Waals surface area contributed by atoms with Gasteiger partial charge in [0.25, 0.3) is 0 Å². The Morgan fingerprint density at radius 3 is 2.17 bits per heavy atom. The Morgan fingerprint density at radius 2 is 1.56 bits per heavy atom. The van der Waals surface area contributed by atoms with E-state index in [2.05, 4.69) is 5.32 Å². The van der Waals surface area contributed by atoms with Crippen molar-refractivity contribution >= 4 is 27.5 Å². The molecule has 0 fully saturated rings. The van der Waals surface area contributed by atoms with E-state index in [0.717, 1.165) is 28.1 Å². The molecular weight excluding hydrogens is 542 g/mol. The van der Waals surface area contributed by atoms with Crippen molar-refractivity contribution in [3.63, 3.8) is 0 Å². The minimum Gasteiger partial charge on any atom is -0.497 e. The summed E-state index contributed by atoms with van der Waals surface area (Å²) >= 11 is 0. The highest BCUT2D eigenvalue weighted by Crippen LogP contribution is 2.23. The number of sulfonamides is 1. The Morgan fingerprint density at radius 1 is 0.902 bits per heavy atom. The molecule has 0 aliphatic rings. The van der Waals surface area contributed by atoms with Crippen LogP contribution in [0.2, 0.25) is 0 Å². The molecule has 2 amide bonds. The summed E-state index contributed by atoms with van der Waals surface area (Å²) in [5.41, 5.74) is 2.06. The molecule has 0 spiro atoms. The summed E-state index contributed by atoms with van der Waals surface area (Å²) in [4.78, 5) is 28.2. The summed E-state index contributed by atoms with van der Waals surface area (Å²) < 4.78 is 37.9. The molecule has 9 nitrogen and oxygen atoms in total. The van der Waals surface area contributed by atoms with E-state index < -0.39 is 28.5 Å². The van der Waals surface area contributed by atoms with Crippen LogP contribution in [0.5, 0.6) is 11.5 Å². The van der Waals surface area contributed by atoms with Gasteiger partial charge in [-0.25, -0.2) is 8.42 Å². The van der Waals surface area contributed by atoms with Gasteiger partial charge in [0.05, 0.1) is 19.1 Å². The van der Waals surface area contributed by atoms with Crippen LogP contribution >= 0.6 is 0 Å². The third-order valence-corrected chi connectivity index (χ3v) is 7.85. The van der Waals surface area contributed by atoms with E-state index >= 15 is 0 Å². The monoisotopic (exact) mass is 581 g/mol. The molecule has 41 heavy (non-hydrogen) atoms. The van der Waals surface area contributed by atoms with Crippen LogP contribution in [-0.4, -0.2) is 57.1 Å². The van der Waals surface area contributed by atoms with E-state index in [9.17, 15) is 18.0 Å². The zero-order chi connectivity index (χ0) is 30.0. The molecule has 2 atom stereocenters. The number of ether oxygens (including phenoxy) is 2. The zero-order valence-electron chi connectivity index (χ0n) is 24.2. The van der Waals surface area contributed by atoms with Gasteiger partial charge < -0.3 is 19.7 Å². The summed E-state index contributed by atoms with van der Waals surface area (Å²) in [7, 11) is -2.29. The number of benzene rings is 3. The Bertz CT molecular complexity index is 1400. The molecule has 0 bridgehead atoms. The fourth-order valence-corrected chi connectivity index (χ4v) is 4.93. The maximum absolute atomic E-state index is 13.7. The second kappa shape index (κ2) is 14.5. The molecule has 3 aromatic carbocycles. The number of hydrogen-bond donors (Lipinski definition) is 1. The van der Waals surface area contributed by atoms with E-state index in [-0.39, 0.29) is 18.5 Å². The average Bonchev–Trinajstić information content (AvgIpc) is 2.97. The molecule has 3 aromatic rings. The van der Waals surface area contributed by atoms with Gasteiger partial charge in [0.2, 0.25) is 21.8 Å². The van der Waals surface area contributed by atoms with Crippen LogP contribution in [-0.2, 0) is 32.8 Å². The Labute approximate surface area is 243 Å². The van der Waals surface area contributed by atoms with Crippen molar-refractivity contribution in [3.05, 3.63) is 90.0 Å². The van der Waals surface area contributed by atoms with Crippen LogP contribution in [0.3, 0.4) is 0 Å². The van der Waals surface area contributed by atoms with Crippen molar-refractivity contribution < 1.29 is 27.5 Å². The van der Waals surface area contributed by atoms with Gasteiger partial charge in [0.15, 0.2) is 0 Å². The van der Waals surface area contributed by atoms with Gasteiger partial charge in [-0.15, -0.1) is 0 Å². The second-order valence-electron chi connectivity index (χ2n) is 9.90. The average molecular weight is 582 g/mol.